The molecule has 8 heteroatoms. The first-order valence-electron chi connectivity index (χ1n) is 7.02. The molecular weight excluding hydrogens is 328 g/mol. The van der Waals surface area contributed by atoms with Crippen molar-refractivity contribution in [2.75, 3.05) is 19.1 Å². The van der Waals surface area contributed by atoms with Crippen LogP contribution in [0.25, 0.3) is 5.53 Å². The van der Waals surface area contributed by atoms with E-state index in [0.29, 0.717) is 17.0 Å². The van der Waals surface area contributed by atoms with Crippen molar-refractivity contribution in [2.45, 2.75) is 4.90 Å². The lowest BCUT2D eigenvalue weighted by molar-refractivity contribution is -0.000201. The summed E-state index contributed by atoms with van der Waals surface area (Å²) in [5, 5.41) is 0. The summed E-state index contributed by atoms with van der Waals surface area (Å²) in [5.41, 5.74) is 10.7. The second-order valence-electron chi connectivity index (χ2n) is 5.09. The molecule has 0 atom stereocenters. The number of amidine groups is 1. The highest BCUT2D eigenvalue weighted by Gasteiger charge is 2.38. The van der Waals surface area contributed by atoms with Gasteiger partial charge in [-0.2, -0.15) is 13.2 Å². The minimum absolute atomic E-state index is 0.0459. The Bertz CT molecular complexity index is 978. The van der Waals surface area contributed by atoms with Crippen molar-refractivity contribution in [3.05, 3.63) is 59.6 Å². The Kier molecular flexibility index (Phi) is 3.92. The zero-order valence-corrected chi connectivity index (χ0v) is 13.9. The van der Waals surface area contributed by atoms with Gasteiger partial charge < -0.3 is 15.2 Å². The number of likely N-dealkylation sites (N-methyl/N-ethyl adjacent to an activating group) is 1. The van der Waals surface area contributed by atoms with Crippen LogP contribution in [-0.2, 0) is 10.0 Å². The van der Waals surface area contributed by atoms with Gasteiger partial charge in [-0.1, -0.05) is 18.2 Å². The predicted octanol–water partition coefficient (Wildman–Crippen LogP) is 1.95. The Morgan fingerprint density at radius 2 is 1.88 bits per heavy atom. The van der Waals surface area contributed by atoms with Gasteiger partial charge in [0.05, 0.1) is 23.3 Å². The summed E-state index contributed by atoms with van der Waals surface area (Å²) in [6.45, 7) is 0. The topological polar surface area (TPSA) is 95.4 Å². The molecule has 3 rings (SSSR count). The number of benzene rings is 2. The normalized spacial score (nSPS) is 15.3. The van der Waals surface area contributed by atoms with Crippen LogP contribution in [0.1, 0.15) is 5.56 Å². The maximum absolute atomic E-state index is 12.5. The molecule has 0 spiro atoms. The van der Waals surface area contributed by atoms with E-state index in [1.807, 2.05) is 0 Å². The number of ether oxygens (including phenoxy) is 1. The van der Waals surface area contributed by atoms with Crippen molar-refractivity contribution in [2.24, 2.45) is 4.40 Å². The molecule has 0 aliphatic carbocycles. The van der Waals surface area contributed by atoms with Gasteiger partial charge in [0.25, 0.3) is 10.0 Å². The summed E-state index contributed by atoms with van der Waals surface area (Å²) in [4.78, 5) is 4.85. The lowest BCUT2D eigenvalue weighted by Gasteiger charge is -2.12. The minimum Gasteiger partial charge on any atom is -0.497 e. The summed E-state index contributed by atoms with van der Waals surface area (Å²) in [6, 6.07) is 13.0. The van der Waals surface area contributed by atoms with Crippen LogP contribution in [0.3, 0.4) is 0 Å². The number of fused-ring (bicyclic) bond motifs is 1. The average Bonchev–Trinajstić information content (AvgIpc) is 2.86. The van der Waals surface area contributed by atoms with Crippen LogP contribution < -0.4 is 9.64 Å². The van der Waals surface area contributed by atoms with Crippen molar-refractivity contribution in [3.63, 3.8) is 0 Å². The predicted molar refractivity (Wildman–Crippen MR) is 90.2 cm³/mol. The SMILES string of the molecule is COc1ccc2c(c1)N(C)C(=NS(=O)(=O)c1ccccc1)C2=[N+]=[N-]. The van der Waals surface area contributed by atoms with E-state index in [0.717, 1.165) is 0 Å². The van der Waals surface area contributed by atoms with E-state index in [9.17, 15) is 13.9 Å². The van der Waals surface area contributed by atoms with Gasteiger partial charge in [0.1, 0.15) is 5.75 Å². The summed E-state index contributed by atoms with van der Waals surface area (Å²) < 4.78 is 34.0. The van der Waals surface area contributed by atoms with Gasteiger partial charge in [0, 0.05) is 13.1 Å². The van der Waals surface area contributed by atoms with E-state index in [1.165, 1.54) is 19.2 Å². The van der Waals surface area contributed by atoms with E-state index in [4.69, 9.17) is 4.74 Å². The Labute approximate surface area is 139 Å². The third-order valence-corrected chi connectivity index (χ3v) is 4.98. The maximum Gasteiger partial charge on any atom is 0.367 e. The molecule has 7 nitrogen and oxygen atoms in total. The van der Waals surface area contributed by atoms with Gasteiger partial charge in [0.2, 0.25) is 5.84 Å². The molecule has 0 fully saturated rings. The molecule has 2 aromatic rings. The third-order valence-electron chi connectivity index (χ3n) is 3.70. The van der Waals surface area contributed by atoms with Gasteiger partial charge in [-0.3, -0.25) is 0 Å². The summed E-state index contributed by atoms with van der Waals surface area (Å²) in [5.74, 6) is 0.648. The fraction of sp³-hybridized carbons (Fsp3) is 0.125. The molecule has 0 amide bonds. The number of nitrogens with zero attached hydrogens (tertiary/aromatic N) is 4. The van der Waals surface area contributed by atoms with Gasteiger partial charge in [0.15, 0.2) is 0 Å². The number of hydrogen-bond acceptors (Lipinski definition) is 3. The number of hydrogen-bond donors (Lipinski definition) is 0. The number of methoxy groups -OCH3 is 1. The molecule has 0 bridgehead atoms. The molecule has 0 unspecified atom stereocenters. The van der Waals surface area contributed by atoms with Crippen molar-refractivity contribution in [1.29, 1.82) is 0 Å². The summed E-state index contributed by atoms with van der Waals surface area (Å²) in [7, 11) is -0.747. The Morgan fingerprint density at radius 1 is 1.17 bits per heavy atom. The zero-order valence-electron chi connectivity index (χ0n) is 13.0. The second kappa shape index (κ2) is 5.92. The van der Waals surface area contributed by atoms with E-state index >= 15 is 0 Å². The first kappa shape index (κ1) is 15.9. The molecule has 122 valence electrons. The average molecular weight is 342 g/mol. The molecule has 1 heterocycles. The van der Waals surface area contributed by atoms with Crippen LogP contribution in [0.2, 0.25) is 0 Å². The highest BCUT2D eigenvalue weighted by molar-refractivity contribution is 7.90. The fourth-order valence-corrected chi connectivity index (χ4v) is 3.51. The van der Waals surface area contributed by atoms with Crippen molar-refractivity contribution < 1.29 is 17.9 Å². The van der Waals surface area contributed by atoms with E-state index in [-0.39, 0.29) is 16.4 Å². The van der Waals surface area contributed by atoms with Crippen LogP contribution in [0.5, 0.6) is 5.75 Å². The first-order valence-corrected chi connectivity index (χ1v) is 8.46. The molecule has 0 aromatic heterocycles. The van der Waals surface area contributed by atoms with Crippen molar-refractivity contribution in [3.8, 4) is 5.75 Å². The molecule has 2 aromatic carbocycles. The van der Waals surface area contributed by atoms with Gasteiger partial charge >= 0.3 is 5.71 Å². The Hall–Kier alpha value is -2.96. The van der Waals surface area contributed by atoms with Crippen LogP contribution in [-0.4, -0.2) is 38.9 Å². The largest absolute Gasteiger partial charge is 0.497 e. The molecule has 0 saturated heterocycles. The van der Waals surface area contributed by atoms with Gasteiger partial charge in [-0.05, 0) is 24.3 Å². The summed E-state index contributed by atoms with van der Waals surface area (Å²) in [6.07, 6.45) is 0. The third kappa shape index (κ3) is 2.58. The van der Waals surface area contributed by atoms with E-state index in [2.05, 4.69) is 9.19 Å². The molecule has 1 aliphatic heterocycles. The monoisotopic (exact) mass is 342 g/mol. The molecule has 24 heavy (non-hydrogen) atoms. The number of sulfonamides is 1. The van der Waals surface area contributed by atoms with E-state index < -0.39 is 10.0 Å². The quantitative estimate of drug-likeness (QED) is 0.629. The zero-order chi connectivity index (χ0) is 17.3. The highest BCUT2D eigenvalue weighted by atomic mass is 32.2. The molecule has 1 aliphatic rings. The van der Waals surface area contributed by atoms with Crippen LogP contribution >= 0.6 is 0 Å². The van der Waals surface area contributed by atoms with Crippen molar-refractivity contribution >= 4 is 27.3 Å². The molecular formula is C16H14N4O3S. The Morgan fingerprint density at radius 3 is 2.50 bits per heavy atom. The molecule has 0 saturated carbocycles. The second-order valence-corrected chi connectivity index (χ2v) is 6.70. The summed E-state index contributed by atoms with van der Waals surface area (Å²) >= 11 is 0. The standard InChI is InChI=1S/C16H14N4O3S/c1-20-14-10-11(23-2)8-9-13(14)15(18-17)16(20)19-24(21,22)12-6-4-3-5-7-12/h3-10H,1-2H3. The van der Waals surface area contributed by atoms with Crippen LogP contribution in [0.4, 0.5) is 5.69 Å². The smallest absolute Gasteiger partial charge is 0.367 e. The minimum atomic E-state index is -3.93. The molecule has 0 N–H and O–H groups in total. The lowest BCUT2D eigenvalue weighted by atomic mass is 10.1. The van der Waals surface area contributed by atoms with Gasteiger partial charge in [-0.15, -0.1) is 4.40 Å². The number of anilines is 1. The van der Waals surface area contributed by atoms with Gasteiger partial charge in [-0.25, -0.2) is 0 Å². The first-order chi connectivity index (χ1) is 11.5. The number of rotatable bonds is 3. The Balaban J connectivity index is 2.14. The van der Waals surface area contributed by atoms with Crippen LogP contribution in [0.15, 0.2) is 57.8 Å². The molecule has 0 radical (unpaired) electrons. The maximum atomic E-state index is 12.5. The highest BCUT2D eigenvalue weighted by Crippen LogP contribution is 2.32. The van der Waals surface area contributed by atoms with Crippen LogP contribution in [0, 0.1) is 0 Å². The van der Waals surface area contributed by atoms with E-state index in [1.54, 1.807) is 48.3 Å². The fourth-order valence-electron chi connectivity index (χ4n) is 2.47. The van der Waals surface area contributed by atoms with Crippen molar-refractivity contribution in [1.82, 2.24) is 0 Å². The lowest BCUT2D eigenvalue weighted by Crippen LogP contribution is -2.28.